The van der Waals surface area contributed by atoms with Gasteiger partial charge in [-0.15, -0.1) is 0 Å². The Morgan fingerprint density at radius 2 is 1.66 bits per heavy atom. The molecule has 44 heavy (non-hydrogen) atoms. The van der Waals surface area contributed by atoms with E-state index in [0.717, 1.165) is 100 Å². The third kappa shape index (κ3) is 6.88. The summed E-state index contributed by atoms with van der Waals surface area (Å²) in [5.74, 6) is 2.54. The van der Waals surface area contributed by atoms with E-state index < -0.39 is 0 Å². The summed E-state index contributed by atoms with van der Waals surface area (Å²) in [5.41, 5.74) is 3.11. The Morgan fingerprint density at radius 3 is 2.32 bits per heavy atom. The van der Waals surface area contributed by atoms with Gasteiger partial charge in [0.25, 0.3) is 0 Å². The Balaban J connectivity index is 1.10. The number of Topliss-reactive ketones (excluding diaryl/α,β-unsaturated/α-hetero) is 1. The first kappa shape index (κ1) is 30.4. The van der Waals surface area contributed by atoms with Gasteiger partial charge in [0.15, 0.2) is 5.76 Å². The van der Waals surface area contributed by atoms with Gasteiger partial charge in [-0.2, -0.15) is 0 Å². The molecule has 4 heterocycles. The molecular formula is C35H46N6O3. The van der Waals surface area contributed by atoms with Crippen molar-refractivity contribution < 1.29 is 14.0 Å². The molecule has 1 spiro atoms. The van der Waals surface area contributed by atoms with Crippen molar-refractivity contribution in [3.05, 3.63) is 48.7 Å². The number of anilines is 1. The number of oxazole rings is 1. The van der Waals surface area contributed by atoms with E-state index in [9.17, 15) is 9.59 Å². The Kier molecular flexibility index (Phi) is 9.40. The van der Waals surface area contributed by atoms with Crippen molar-refractivity contribution in [3.8, 4) is 22.5 Å². The maximum atomic E-state index is 13.5. The van der Waals surface area contributed by atoms with Crippen molar-refractivity contribution in [2.24, 2.45) is 11.3 Å². The third-order valence-electron chi connectivity index (χ3n) is 10.1. The fourth-order valence-corrected chi connectivity index (χ4v) is 6.70. The fourth-order valence-electron chi connectivity index (χ4n) is 6.70. The number of hydrogen-bond acceptors (Lipinski definition) is 8. The number of unbranched alkanes of at least 4 members (excludes halogenated alkanes) is 2. The van der Waals surface area contributed by atoms with E-state index in [4.69, 9.17) is 4.42 Å². The summed E-state index contributed by atoms with van der Waals surface area (Å²) < 4.78 is 6.30. The van der Waals surface area contributed by atoms with Crippen molar-refractivity contribution in [1.29, 1.82) is 0 Å². The molecule has 3 aliphatic rings. The van der Waals surface area contributed by atoms with Crippen LogP contribution in [0.5, 0.6) is 0 Å². The highest BCUT2D eigenvalue weighted by Crippen LogP contribution is 2.59. The molecule has 1 aromatic carbocycles. The lowest BCUT2D eigenvalue weighted by molar-refractivity contribution is -0.124. The van der Waals surface area contributed by atoms with Crippen LogP contribution in [0.3, 0.4) is 0 Å². The summed E-state index contributed by atoms with van der Waals surface area (Å²) >= 11 is 0. The first-order chi connectivity index (χ1) is 21.5. The average Bonchev–Trinajstić information content (AvgIpc) is 3.50. The molecule has 234 valence electrons. The number of likely N-dealkylation sites (tertiary alicyclic amines) is 1. The molecule has 9 heteroatoms. The maximum absolute atomic E-state index is 13.5. The van der Waals surface area contributed by atoms with Gasteiger partial charge < -0.3 is 19.5 Å². The Hall–Kier alpha value is -3.59. The number of amides is 1. The highest BCUT2D eigenvalue weighted by molar-refractivity contribution is 5.83. The molecule has 2 aliphatic heterocycles. The molecule has 2 aromatic heterocycles. The number of carbonyl (C=O) groups excluding carboxylic acids is 2. The van der Waals surface area contributed by atoms with Crippen molar-refractivity contribution >= 4 is 17.6 Å². The van der Waals surface area contributed by atoms with Gasteiger partial charge in [-0.25, -0.2) is 15.0 Å². The number of hydrogen-bond donors (Lipinski definition) is 1. The molecule has 1 N–H and O–H groups in total. The van der Waals surface area contributed by atoms with E-state index in [-0.39, 0.29) is 23.3 Å². The van der Waals surface area contributed by atoms with Crippen LogP contribution in [0.15, 0.2) is 47.3 Å². The monoisotopic (exact) mass is 598 g/mol. The van der Waals surface area contributed by atoms with Crippen molar-refractivity contribution in [3.63, 3.8) is 0 Å². The average molecular weight is 599 g/mol. The van der Waals surface area contributed by atoms with Crippen LogP contribution in [0, 0.1) is 11.3 Å². The van der Waals surface area contributed by atoms with E-state index in [0.29, 0.717) is 30.3 Å². The van der Waals surface area contributed by atoms with Crippen molar-refractivity contribution in [2.75, 3.05) is 37.6 Å². The lowest BCUT2D eigenvalue weighted by Gasteiger charge is -2.32. The molecule has 1 aliphatic carbocycles. The first-order valence-corrected chi connectivity index (χ1v) is 16.7. The van der Waals surface area contributed by atoms with Gasteiger partial charge >= 0.3 is 0 Å². The van der Waals surface area contributed by atoms with Gasteiger partial charge in [0.1, 0.15) is 11.8 Å². The zero-order valence-corrected chi connectivity index (χ0v) is 26.3. The zero-order chi connectivity index (χ0) is 30.5. The zero-order valence-electron chi connectivity index (χ0n) is 26.3. The maximum Gasteiger partial charge on any atom is 0.225 e. The Labute approximate surface area is 260 Å². The van der Waals surface area contributed by atoms with E-state index in [1.54, 1.807) is 6.20 Å². The predicted octanol–water partition coefficient (Wildman–Crippen LogP) is 6.22. The minimum Gasteiger partial charge on any atom is -0.438 e. The van der Waals surface area contributed by atoms with Crippen LogP contribution in [0.2, 0.25) is 0 Å². The molecule has 6 rings (SSSR count). The summed E-state index contributed by atoms with van der Waals surface area (Å²) in [5, 5.41) is 3.33. The molecule has 1 unspecified atom stereocenters. The summed E-state index contributed by atoms with van der Waals surface area (Å²) in [4.78, 5) is 43.6. The summed E-state index contributed by atoms with van der Waals surface area (Å²) in [7, 11) is 0. The van der Waals surface area contributed by atoms with E-state index >= 15 is 0 Å². The fraction of sp³-hybridized carbons (Fsp3) is 0.571. The summed E-state index contributed by atoms with van der Waals surface area (Å²) in [6.45, 7) is 9.41. The molecule has 0 bridgehead atoms. The van der Waals surface area contributed by atoms with Crippen LogP contribution < -0.4 is 10.2 Å². The second-order valence-electron chi connectivity index (χ2n) is 12.9. The van der Waals surface area contributed by atoms with E-state index in [1.165, 1.54) is 6.42 Å². The second kappa shape index (κ2) is 13.6. The quantitative estimate of drug-likeness (QED) is 0.218. The highest BCUT2D eigenvalue weighted by Gasteiger charge is 2.58. The normalized spacial score (nSPS) is 19.9. The first-order valence-electron chi connectivity index (χ1n) is 16.7. The largest absolute Gasteiger partial charge is 0.438 e. The summed E-state index contributed by atoms with van der Waals surface area (Å²) in [6, 6.07) is 7.86. The molecule has 3 fully saturated rings. The molecule has 3 aromatic rings. The topological polar surface area (TPSA) is 104 Å². The number of nitrogens with zero attached hydrogens (tertiary/aromatic N) is 5. The minimum atomic E-state index is -0.284. The van der Waals surface area contributed by atoms with Gasteiger partial charge in [-0.05, 0) is 69.1 Å². The molecule has 2 saturated heterocycles. The van der Waals surface area contributed by atoms with Crippen LogP contribution in [-0.4, -0.2) is 64.3 Å². The van der Waals surface area contributed by atoms with Gasteiger partial charge in [0.2, 0.25) is 17.7 Å². The smallest absolute Gasteiger partial charge is 0.225 e. The van der Waals surface area contributed by atoms with Crippen LogP contribution in [0.25, 0.3) is 22.5 Å². The molecule has 2 atom stereocenters. The number of rotatable bonds is 14. The lowest BCUT2D eigenvalue weighted by atomic mass is 9.90. The SMILES string of the molecule is CCC(=O)CCCCC[C@H](NC(=O)C1CC12CCN(CC)CC2)c1ncc(-c2ccc(-c3cnc(N4CCC4)nc3)cc2)o1. The number of ketones is 1. The van der Waals surface area contributed by atoms with Crippen LogP contribution >= 0.6 is 0 Å². The van der Waals surface area contributed by atoms with E-state index in [2.05, 4.69) is 37.0 Å². The van der Waals surface area contributed by atoms with Gasteiger partial charge in [0.05, 0.1) is 6.20 Å². The van der Waals surface area contributed by atoms with Gasteiger partial charge in [-0.1, -0.05) is 51.0 Å². The predicted molar refractivity (Wildman–Crippen MR) is 171 cm³/mol. The Bertz CT molecular complexity index is 1410. The standard InChI is InChI=1S/C35H46N6O3/c1-3-28(42)9-6-5-7-10-30(39-32(43)29-21-35(29)15-19-40(4-2)20-16-35)33-36-24-31(44-33)26-13-11-25(12-14-26)27-22-37-34(38-23-27)41-17-8-18-41/h11-14,22-24,29-30H,3-10,15-21H2,1-2H3,(H,39,43)/t29?,30-/m0/s1. The molecule has 1 saturated carbocycles. The number of nitrogens with one attached hydrogen (secondary N) is 1. The minimum absolute atomic E-state index is 0.0807. The number of piperidine rings is 1. The number of benzene rings is 1. The van der Waals surface area contributed by atoms with E-state index in [1.807, 2.05) is 43.6 Å². The molecule has 9 nitrogen and oxygen atoms in total. The van der Waals surface area contributed by atoms with Gasteiger partial charge in [0, 0.05) is 55.4 Å². The molecule has 1 amide bonds. The number of carbonyl (C=O) groups is 2. The molecular weight excluding hydrogens is 552 g/mol. The van der Waals surface area contributed by atoms with Gasteiger partial charge in [-0.3, -0.25) is 9.59 Å². The number of aromatic nitrogens is 3. The van der Waals surface area contributed by atoms with Crippen LogP contribution in [0.4, 0.5) is 5.95 Å². The van der Waals surface area contributed by atoms with Crippen molar-refractivity contribution in [1.82, 2.24) is 25.2 Å². The highest BCUT2D eigenvalue weighted by atomic mass is 16.4. The van der Waals surface area contributed by atoms with Crippen LogP contribution in [-0.2, 0) is 9.59 Å². The lowest BCUT2D eigenvalue weighted by Crippen LogP contribution is -2.38. The van der Waals surface area contributed by atoms with Crippen LogP contribution in [0.1, 0.15) is 90.0 Å². The Morgan fingerprint density at radius 1 is 0.932 bits per heavy atom. The third-order valence-corrected chi connectivity index (χ3v) is 10.1. The van der Waals surface area contributed by atoms with Crippen molar-refractivity contribution in [2.45, 2.75) is 84.1 Å². The summed E-state index contributed by atoms with van der Waals surface area (Å²) in [6.07, 6.45) is 14.6. The molecule has 0 radical (unpaired) electrons. The second-order valence-corrected chi connectivity index (χ2v) is 12.9.